The van der Waals surface area contributed by atoms with Crippen LogP contribution in [0.5, 0.6) is 5.75 Å². The first-order valence-corrected chi connectivity index (χ1v) is 7.32. The normalized spacial score (nSPS) is 17.5. The number of carbonyl (C=O) groups excluding carboxylic acids is 1. The fourth-order valence-corrected chi connectivity index (χ4v) is 2.71. The molecule has 0 aliphatic carbocycles. The summed E-state index contributed by atoms with van der Waals surface area (Å²) < 4.78 is 45.5. The number of carbonyl (C=O) groups is 1. The predicted octanol–water partition coefficient (Wildman–Crippen LogP) is 3.03. The van der Waals surface area contributed by atoms with Crippen LogP contribution in [0.15, 0.2) is 42.5 Å². The second kappa shape index (κ2) is 6.16. The van der Waals surface area contributed by atoms with Crippen LogP contribution in [-0.2, 0) is 12.7 Å². The largest absolute Gasteiger partial charge is 0.484 e. The maximum atomic E-state index is 13.2. The molecule has 1 aliphatic heterocycles. The quantitative estimate of drug-likeness (QED) is 0.886. The van der Waals surface area contributed by atoms with Gasteiger partial charge in [0.2, 0.25) is 5.91 Å². The molecule has 3 N–H and O–H groups in total. The molecule has 1 atom stereocenters. The molecule has 0 saturated carbocycles. The molecular formula is C17H15F3N2O2. The van der Waals surface area contributed by atoms with Crippen molar-refractivity contribution < 1.29 is 22.7 Å². The zero-order valence-electron chi connectivity index (χ0n) is 12.6. The summed E-state index contributed by atoms with van der Waals surface area (Å²) in [5, 5.41) is 3.07. The summed E-state index contributed by atoms with van der Waals surface area (Å²) in [4.78, 5) is 11.3. The number of ether oxygens (including phenoxy) is 1. The molecule has 1 amide bonds. The molecule has 0 aromatic heterocycles. The predicted molar refractivity (Wildman–Crippen MR) is 81.5 cm³/mol. The fraction of sp³-hybridized carbons (Fsp3) is 0.235. The Balaban J connectivity index is 2.00. The number of fused-ring (bicyclic) bond motifs is 1. The minimum Gasteiger partial charge on any atom is -0.484 e. The molecule has 0 bridgehead atoms. The van der Waals surface area contributed by atoms with Crippen molar-refractivity contribution in [3.05, 3.63) is 64.7 Å². The molecule has 1 heterocycles. The van der Waals surface area contributed by atoms with Crippen molar-refractivity contribution in [3.63, 3.8) is 0 Å². The maximum Gasteiger partial charge on any atom is 0.416 e. The Morgan fingerprint density at radius 2 is 1.96 bits per heavy atom. The molecule has 3 rings (SSSR count). The standard InChI is InChI=1S/C17H15F3N2O2/c18-17(19,20)13-4-2-1-3-12(13)15-9-22-8-11-6-5-10(16(21)23)7-14(11)24-15/h1-7,15,22H,8-9H2,(H2,21,23). The van der Waals surface area contributed by atoms with Crippen LogP contribution in [0.2, 0.25) is 0 Å². The first-order chi connectivity index (χ1) is 11.4. The number of hydrogen-bond acceptors (Lipinski definition) is 3. The second-order valence-electron chi connectivity index (χ2n) is 5.51. The van der Waals surface area contributed by atoms with Gasteiger partial charge in [-0.05, 0) is 18.2 Å². The number of rotatable bonds is 2. The summed E-state index contributed by atoms with van der Waals surface area (Å²) in [5.41, 5.74) is 5.58. The van der Waals surface area contributed by atoms with E-state index in [-0.39, 0.29) is 17.7 Å². The van der Waals surface area contributed by atoms with Gasteiger partial charge in [-0.25, -0.2) is 0 Å². The first kappa shape index (κ1) is 16.3. The van der Waals surface area contributed by atoms with E-state index in [9.17, 15) is 18.0 Å². The van der Waals surface area contributed by atoms with Gasteiger partial charge in [0, 0.05) is 29.8 Å². The van der Waals surface area contributed by atoms with Crippen molar-refractivity contribution in [1.29, 1.82) is 0 Å². The van der Waals surface area contributed by atoms with Crippen LogP contribution in [0, 0.1) is 0 Å². The van der Waals surface area contributed by atoms with Crippen molar-refractivity contribution in [1.82, 2.24) is 5.32 Å². The van der Waals surface area contributed by atoms with E-state index in [0.29, 0.717) is 12.3 Å². The Morgan fingerprint density at radius 1 is 1.21 bits per heavy atom. The van der Waals surface area contributed by atoms with Gasteiger partial charge in [-0.2, -0.15) is 13.2 Å². The summed E-state index contributed by atoms with van der Waals surface area (Å²) in [6.45, 7) is 0.646. The van der Waals surface area contributed by atoms with E-state index in [1.165, 1.54) is 18.2 Å². The molecular weight excluding hydrogens is 321 g/mol. The second-order valence-corrected chi connectivity index (χ2v) is 5.51. The summed E-state index contributed by atoms with van der Waals surface area (Å²) >= 11 is 0. The van der Waals surface area contributed by atoms with Gasteiger partial charge in [0.25, 0.3) is 0 Å². The average Bonchev–Trinajstić information content (AvgIpc) is 2.75. The summed E-state index contributed by atoms with van der Waals surface area (Å²) in [6.07, 6.45) is -5.29. The number of alkyl halides is 3. The third kappa shape index (κ3) is 3.21. The molecule has 126 valence electrons. The highest BCUT2D eigenvalue weighted by Crippen LogP contribution is 2.37. The lowest BCUT2D eigenvalue weighted by molar-refractivity contribution is -0.139. The molecule has 1 unspecified atom stereocenters. The Labute approximate surface area is 136 Å². The fourth-order valence-electron chi connectivity index (χ4n) is 2.71. The van der Waals surface area contributed by atoms with Gasteiger partial charge < -0.3 is 15.8 Å². The lowest BCUT2D eigenvalue weighted by Gasteiger charge is -2.21. The Bertz CT molecular complexity index is 775. The number of nitrogens with one attached hydrogen (secondary N) is 1. The van der Waals surface area contributed by atoms with E-state index >= 15 is 0 Å². The number of nitrogens with two attached hydrogens (primary N) is 1. The minimum atomic E-state index is -4.47. The van der Waals surface area contributed by atoms with E-state index < -0.39 is 23.8 Å². The lowest BCUT2D eigenvalue weighted by Crippen LogP contribution is -2.24. The molecule has 4 nitrogen and oxygen atoms in total. The number of primary amides is 1. The van der Waals surface area contributed by atoms with Gasteiger partial charge >= 0.3 is 6.18 Å². The zero-order valence-corrected chi connectivity index (χ0v) is 12.6. The Kier molecular flexibility index (Phi) is 4.19. The highest BCUT2D eigenvalue weighted by atomic mass is 19.4. The van der Waals surface area contributed by atoms with E-state index in [2.05, 4.69) is 5.32 Å². The summed E-state index contributed by atoms with van der Waals surface area (Å²) in [5.74, 6) is -0.260. The van der Waals surface area contributed by atoms with Crippen LogP contribution < -0.4 is 15.8 Å². The van der Waals surface area contributed by atoms with E-state index in [4.69, 9.17) is 10.5 Å². The van der Waals surface area contributed by atoms with Gasteiger partial charge in [0.15, 0.2) is 0 Å². The topological polar surface area (TPSA) is 64.4 Å². The van der Waals surface area contributed by atoms with Crippen molar-refractivity contribution in [2.75, 3.05) is 6.54 Å². The van der Waals surface area contributed by atoms with Gasteiger partial charge in [0.05, 0.1) is 5.56 Å². The molecule has 0 fully saturated rings. The third-order valence-corrected chi connectivity index (χ3v) is 3.88. The SMILES string of the molecule is NC(=O)c1ccc2c(c1)OC(c1ccccc1C(F)(F)F)CNC2. The van der Waals surface area contributed by atoms with E-state index in [1.807, 2.05) is 0 Å². The molecule has 7 heteroatoms. The van der Waals surface area contributed by atoms with Crippen molar-refractivity contribution >= 4 is 5.91 Å². The molecule has 2 aromatic rings. The molecule has 1 aliphatic rings. The van der Waals surface area contributed by atoms with Crippen LogP contribution in [0.25, 0.3) is 0 Å². The van der Waals surface area contributed by atoms with Gasteiger partial charge in [-0.1, -0.05) is 24.3 Å². The van der Waals surface area contributed by atoms with Crippen LogP contribution in [-0.4, -0.2) is 12.5 Å². The van der Waals surface area contributed by atoms with Gasteiger partial charge in [-0.15, -0.1) is 0 Å². The molecule has 0 spiro atoms. The monoisotopic (exact) mass is 336 g/mol. The number of benzene rings is 2. The van der Waals surface area contributed by atoms with Crippen LogP contribution in [0.4, 0.5) is 13.2 Å². The van der Waals surface area contributed by atoms with Gasteiger partial charge in [0.1, 0.15) is 11.9 Å². The average molecular weight is 336 g/mol. The Morgan fingerprint density at radius 3 is 2.67 bits per heavy atom. The highest BCUT2D eigenvalue weighted by Gasteiger charge is 2.36. The number of hydrogen-bond donors (Lipinski definition) is 2. The summed E-state index contributed by atoms with van der Waals surface area (Å²) in [7, 11) is 0. The Hall–Kier alpha value is -2.54. The van der Waals surface area contributed by atoms with Crippen LogP contribution in [0.3, 0.4) is 0 Å². The van der Waals surface area contributed by atoms with Crippen molar-refractivity contribution in [3.8, 4) is 5.75 Å². The minimum absolute atomic E-state index is 0.0508. The summed E-state index contributed by atoms with van der Waals surface area (Å²) in [6, 6.07) is 10.0. The number of amides is 1. The van der Waals surface area contributed by atoms with Crippen LogP contribution in [0.1, 0.15) is 33.2 Å². The molecule has 0 radical (unpaired) electrons. The molecule has 2 aromatic carbocycles. The van der Waals surface area contributed by atoms with E-state index in [1.54, 1.807) is 18.2 Å². The maximum absolute atomic E-state index is 13.2. The molecule has 0 saturated heterocycles. The van der Waals surface area contributed by atoms with Crippen molar-refractivity contribution in [2.45, 2.75) is 18.8 Å². The van der Waals surface area contributed by atoms with Crippen molar-refractivity contribution in [2.24, 2.45) is 5.73 Å². The zero-order chi connectivity index (χ0) is 17.3. The highest BCUT2D eigenvalue weighted by molar-refractivity contribution is 5.93. The number of halogens is 3. The van der Waals surface area contributed by atoms with Crippen LogP contribution >= 0.6 is 0 Å². The smallest absolute Gasteiger partial charge is 0.416 e. The molecule has 24 heavy (non-hydrogen) atoms. The van der Waals surface area contributed by atoms with E-state index in [0.717, 1.165) is 11.6 Å². The third-order valence-electron chi connectivity index (χ3n) is 3.88. The first-order valence-electron chi connectivity index (χ1n) is 7.32. The van der Waals surface area contributed by atoms with Gasteiger partial charge in [-0.3, -0.25) is 4.79 Å². The lowest BCUT2D eigenvalue weighted by atomic mass is 10.0.